The Morgan fingerprint density at radius 1 is 1.39 bits per heavy atom. The molecule has 18 heavy (non-hydrogen) atoms. The van der Waals surface area contributed by atoms with Gasteiger partial charge in [0.25, 0.3) is 0 Å². The van der Waals surface area contributed by atoms with Gasteiger partial charge in [0.2, 0.25) is 0 Å². The van der Waals surface area contributed by atoms with Gasteiger partial charge in [-0.3, -0.25) is 0 Å². The Bertz CT molecular complexity index is 398. The van der Waals surface area contributed by atoms with Crippen molar-refractivity contribution in [3.05, 3.63) is 22.5 Å². The van der Waals surface area contributed by atoms with E-state index in [0.717, 1.165) is 6.08 Å². The van der Waals surface area contributed by atoms with E-state index < -0.39 is 28.7 Å². The Labute approximate surface area is 105 Å². The molecule has 2 heterocycles. The second kappa shape index (κ2) is 4.87. The summed E-state index contributed by atoms with van der Waals surface area (Å²) in [7, 11) is -0.887. The number of piperidine rings is 1. The lowest BCUT2D eigenvalue weighted by Crippen LogP contribution is -2.38. The molecule has 7 heteroatoms. The fourth-order valence-corrected chi connectivity index (χ4v) is 4.42. The van der Waals surface area contributed by atoms with Crippen molar-refractivity contribution in [1.82, 2.24) is 4.90 Å². The molecule has 2 rings (SSSR count). The number of allylic oxidation sites excluding steroid dienone is 2. The first-order valence-electron chi connectivity index (χ1n) is 5.60. The first kappa shape index (κ1) is 13.3. The molecule has 0 radical (unpaired) electrons. The van der Waals surface area contributed by atoms with E-state index in [1.165, 1.54) is 10.3 Å². The van der Waals surface area contributed by atoms with E-state index in [2.05, 4.69) is 0 Å². The Morgan fingerprint density at radius 3 is 2.44 bits per heavy atom. The lowest BCUT2D eigenvalue weighted by Gasteiger charge is -2.33. The smallest absolute Gasteiger partial charge is 0.416 e. The first-order chi connectivity index (χ1) is 8.38. The van der Waals surface area contributed by atoms with Gasteiger partial charge in [0.1, 0.15) is 0 Å². The molecule has 1 saturated heterocycles. The number of carboxylic acid groups (broad SMARTS) is 1. The molecule has 1 atom stereocenters. The van der Waals surface area contributed by atoms with Gasteiger partial charge in [0, 0.05) is 13.1 Å². The lowest BCUT2D eigenvalue weighted by atomic mass is 10.1. The molecule has 0 aliphatic carbocycles. The number of amides is 1. The van der Waals surface area contributed by atoms with E-state index >= 15 is 0 Å². The third-order valence-corrected chi connectivity index (χ3v) is 5.63. The zero-order valence-corrected chi connectivity index (χ0v) is 10.4. The van der Waals surface area contributed by atoms with Crippen LogP contribution in [0.15, 0.2) is 22.5 Å². The molecular formula is C11H14F3NO2S. The highest BCUT2D eigenvalue weighted by atomic mass is 32.2. The molecule has 1 unspecified atom stereocenters. The van der Waals surface area contributed by atoms with Gasteiger partial charge in [-0.25, -0.2) is 15.7 Å². The minimum absolute atomic E-state index is 0.173. The Kier molecular flexibility index (Phi) is 3.61. The molecule has 0 bridgehead atoms. The normalized spacial score (nSPS) is 27.4. The van der Waals surface area contributed by atoms with Crippen LogP contribution < -0.4 is 0 Å². The number of alkyl halides is 3. The van der Waals surface area contributed by atoms with Crippen LogP contribution in [0.1, 0.15) is 12.8 Å². The van der Waals surface area contributed by atoms with Crippen LogP contribution >= 0.6 is 10.9 Å². The van der Waals surface area contributed by atoms with Crippen LogP contribution in [0.2, 0.25) is 0 Å². The number of nitrogens with zero attached hydrogens (tertiary/aromatic N) is 1. The molecule has 1 N–H and O–H groups in total. The van der Waals surface area contributed by atoms with E-state index in [9.17, 15) is 18.0 Å². The minimum atomic E-state index is -4.27. The summed E-state index contributed by atoms with van der Waals surface area (Å²) >= 11 is 0. The average Bonchev–Trinajstić information content (AvgIpc) is 2.78. The van der Waals surface area contributed by atoms with Crippen LogP contribution in [0.4, 0.5) is 18.0 Å². The fourth-order valence-electron chi connectivity index (χ4n) is 2.16. The number of carbonyl (C=O) groups is 1. The maximum absolute atomic E-state index is 12.5. The largest absolute Gasteiger partial charge is 0.465 e. The quantitative estimate of drug-likeness (QED) is 0.725. The van der Waals surface area contributed by atoms with Crippen molar-refractivity contribution in [3.63, 3.8) is 0 Å². The summed E-state index contributed by atoms with van der Waals surface area (Å²) < 4.78 is 37.4. The Balaban J connectivity index is 1.95. The van der Waals surface area contributed by atoms with Crippen molar-refractivity contribution >= 4 is 17.0 Å². The summed E-state index contributed by atoms with van der Waals surface area (Å²) in [5, 5.41) is 11.9. The molecule has 2 aliphatic rings. The monoisotopic (exact) mass is 281 g/mol. The van der Waals surface area contributed by atoms with Gasteiger partial charge in [-0.15, -0.1) is 0 Å². The van der Waals surface area contributed by atoms with Gasteiger partial charge in [0.05, 0.1) is 5.57 Å². The maximum atomic E-state index is 12.5. The Hall–Kier alpha value is -1.11. The summed E-state index contributed by atoms with van der Waals surface area (Å²) in [5.74, 6) is 0. The van der Waals surface area contributed by atoms with E-state index in [4.69, 9.17) is 5.11 Å². The zero-order chi connectivity index (χ0) is 13.3. The van der Waals surface area contributed by atoms with Gasteiger partial charge in [-0.2, -0.15) is 13.2 Å². The third-order valence-electron chi connectivity index (χ3n) is 3.20. The third kappa shape index (κ3) is 2.82. The molecule has 0 aromatic rings. The van der Waals surface area contributed by atoms with Crippen molar-refractivity contribution in [2.24, 2.45) is 0 Å². The van der Waals surface area contributed by atoms with Gasteiger partial charge in [-0.05, 0) is 35.0 Å². The number of thiol groups is 1. The average molecular weight is 281 g/mol. The lowest BCUT2D eigenvalue weighted by molar-refractivity contribution is -0.0878. The molecule has 0 spiro atoms. The second-order valence-corrected chi connectivity index (χ2v) is 6.53. The predicted octanol–water partition coefficient (Wildman–Crippen LogP) is 3.10. The molecule has 0 saturated carbocycles. The molecular weight excluding hydrogens is 267 g/mol. The number of hydrogen-bond acceptors (Lipinski definition) is 1. The van der Waals surface area contributed by atoms with E-state index in [-0.39, 0.29) is 5.25 Å². The van der Waals surface area contributed by atoms with E-state index in [1.54, 1.807) is 5.41 Å². The molecule has 102 valence electrons. The van der Waals surface area contributed by atoms with Crippen LogP contribution in [0.25, 0.3) is 0 Å². The number of likely N-dealkylation sites (tertiary alicyclic amines) is 1. The molecule has 3 nitrogen and oxygen atoms in total. The van der Waals surface area contributed by atoms with Crippen molar-refractivity contribution in [2.45, 2.75) is 24.3 Å². The number of rotatable bonds is 1. The molecule has 2 aliphatic heterocycles. The maximum Gasteiger partial charge on any atom is 0.416 e. The molecule has 1 amide bonds. The summed E-state index contributed by atoms with van der Waals surface area (Å²) in [4.78, 5) is 12.0. The summed E-state index contributed by atoms with van der Waals surface area (Å²) in [5.41, 5.74) is -0.561. The van der Waals surface area contributed by atoms with Crippen molar-refractivity contribution in [3.8, 4) is 0 Å². The fraction of sp³-hybridized carbons (Fsp3) is 0.545. The number of halogens is 3. The second-order valence-electron chi connectivity index (χ2n) is 4.35. The topological polar surface area (TPSA) is 40.5 Å². The van der Waals surface area contributed by atoms with E-state index in [1.807, 2.05) is 0 Å². The highest BCUT2D eigenvalue weighted by Gasteiger charge is 2.35. The van der Waals surface area contributed by atoms with Crippen LogP contribution in [0, 0.1) is 0 Å². The van der Waals surface area contributed by atoms with Gasteiger partial charge in [-0.1, -0.05) is 0 Å². The summed E-state index contributed by atoms with van der Waals surface area (Å²) in [6.07, 6.45) is -2.78. The molecule has 0 aromatic heterocycles. The van der Waals surface area contributed by atoms with Crippen LogP contribution in [0.3, 0.4) is 0 Å². The SMILES string of the molecule is O=C(O)N1CCC([SH]2C=CC(C(F)(F)F)=C2)CC1. The van der Waals surface area contributed by atoms with Gasteiger partial charge < -0.3 is 10.0 Å². The van der Waals surface area contributed by atoms with Crippen molar-refractivity contribution in [1.29, 1.82) is 0 Å². The van der Waals surface area contributed by atoms with Crippen LogP contribution in [0.5, 0.6) is 0 Å². The zero-order valence-electron chi connectivity index (χ0n) is 9.52. The summed E-state index contributed by atoms with van der Waals surface area (Å²) in [6, 6.07) is 0. The van der Waals surface area contributed by atoms with Gasteiger partial charge in [0.15, 0.2) is 0 Å². The predicted molar refractivity (Wildman–Crippen MR) is 64.9 cm³/mol. The number of hydrogen-bond donors (Lipinski definition) is 2. The first-order valence-corrected chi connectivity index (χ1v) is 7.15. The molecule has 1 fully saturated rings. The highest BCUT2D eigenvalue weighted by molar-refractivity contribution is 8.22. The summed E-state index contributed by atoms with van der Waals surface area (Å²) in [6.45, 7) is 0.837. The minimum Gasteiger partial charge on any atom is -0.465 e. The Morgan fingerprint density at radius 2 is 2.00 bits per heavy atom. The van der Waals surface area contributed by atoms with Crippen molar-refractivity contribution in [2.75, 3.05) is 13.1 Å². The molecule has 0 aromatic carbocycles. The standard InChI is InChI=1S/C11H14F3NO2S/c12-11(13,14)8-3-6-18(7-8)9-1-4-15(5-2-9)10(16)17/h3,6-7,9,18H,1-2,4-5H2,(H,16,17). The van der Waals surface area contributed by atoms with E-state index in [0.29, 0.717) is 25.9 Å². The van der Waals surface area contributed by atoms with Crippen LogP contribution in [-0.2, 0) is 0 Å². The highest BCUT2D eigenvalue weighted by Crippen LogP contribution is 2.48. The van der Waals surface area contributed by atoms with Crippen LogP contribution in [-0.4, -0.2) is 40.6 Å². The van der Waals surface area contributed by atoms with Crippen molar-refractivity contribution < 1.29 is 23.1 Å². The van der Waals surface area contributed by atoms with Gasteiger partial charge >= 0.3 is 12.3 Å².